The number of non-ortho nitro benzene ring substituents is 1. The fraction of sp³-hybridized carbons (Fsp3) is 0.500. The molecule has 1 aromatic carbocycles. The number of methoxy groups -OCH3 is 1. The quantitative estimate of drug-likeness (QED) is 0.611. The largest absolute Gasteiger partial charge is 0.385 e. The Bertz CT molecular complexity index is 393. The average Bonchev–Trinajstić information content (AvgIpc) is 2.25. The predicted molar refractivity (Wildman–Crippen MR) is 67.4 cm³/mol. The molecule has 0 saturated carbocycles. The summed E-state index contributed by atoms with van der Waals surface area (Å²) in [6.45, 7) is 4.53. The summed E-state index contributed by atoms with van der Waals surface area (Å²) in [4.78, 5) is 10.3. The zero-order valence-electron chi connectivity index (χ0n) is 10.4. The highest BCUT2D eigenvalue weighted by atomic mass is 16.6. The van der Waals surface area contributed by atoms with Crippen molar-refractivity contribution in [1.82, 2.24) is 0 Å². The third-order valence-electron chi connectivity index (χ3n) is 2.44. The van der Waals surface area contributed by atoms with Gasteiger partial charge in [0.25, 0.3) is 5.69 Å². The first-order chi connectivity index (χ1) is 8.02. The van der Waals surface area contributed by atoms with Crippen molar-refractivity contribution in [2.24, 2.45) is 0 Å². The number of nitro groups is 1. The second kappa shape index (κ2) is 6.20. The second-order valence-corrected chi connectivity index (χ2v) is 4.14. The van der Waals surface area contributed by atoms with Gasteiger partial charge >= 0.3 is 0 Å². The molecule has 17 heavy (non-hydrogen) atoms. The minimum absolute atomic E-state index is 0.117. The summed E-state index contributed by atoms with van der Waals surface area (Å²) in [5.41, 5.74) is 1.77. The van der Waals surface area contributed by atoms with Crippen LogP contribution in [0.5, 0.6) is 0 Å². The van der Waals surface area contributed by atoms with Crippen molar-refractivity contribution < 1.29 is 9.66 Å². The lowest BCUT2D eigenvalue weighted by molar-refractivity contribution is -0.384. The van der Waals surface area contributed by atoms with Crippen molar-refractivity contribution in [2.45, 2.75) is 26.3 Å². The minimum atomic E-state index is -0.377. The van der Waals surface area contributed by atoms with Gasteiger partial charge in [-0.05, 0) is 31.9 Å². The first-order valence-corrected chi connectivity index (χ1v) is 5.54. The van der Waals surface area contributed by atoms with Crippen LogP contribution in [-0.4, -0.2) is 24.7 Å². The third-order valence-corrected chi connectivity index (χ3v) is 2.44. The van der Waals surface area contributed by atoms with Crippen molar-refractivity contribution in [3.05, 3.63) is 33.9 Å². The molecule has 0 aliphatic carbocycles. The van der Waals surface area contributed by atoms with Crippen molar-refractivity contribution in [1.29, 1.82) is 0 Å². The maximum absolute atomic E-state index is 10.7. The second-order valence-electron chi connectivity index (χ2n) is 4.14. The highest BCUT2D eigenvalue weighted by molar-refractivity contribution is 5.54. The number of anilines is 1. The average molecular weight is 238 g/mol. The van der Waals surface area contributed by atoms with Gasteiger partial charge in [-0.3, -0.25) is 10.1 Å². The molecule has 1 unspecified atom stereocenters. The molecule has 5 nitrogen and oxygen atoms in total. The molecule has 94 valence electrons. The van der Waals surface area contributed by atoms with E-state index in [1.807, 2.05) is 19.9 Å². The maximum Gasteiger partial charge on any atom is 0.271 e. The van der Waals surface area contributed by atoms with Crippen LogP contribution in [0.1, 0.15) is 18.9 Å². The summed E-state index contributed by atoms with van der Waals surface area (Å²) < 4.78 is 4.99. The van der Waals surface area contributed by atoms with Gasteiger partial charge in [0.15, 0.2) is 0 Å². The summed E-state index contributed by atoms with van der Waals surface area (Å²) in [5, 5.41) is 13.9. The van der Waals surface area contributed by atoms with Crippen LogP contribution in [0, 0.1) is 17.0 Å². The Morgan fingerprint density at radius 3 is 2.76 bits per heavy atom. The van der Waals surface area contributed by atoms with E-state index in [-0.39, 0.29) is 16.7 Å². The van der Waals surface area contributed by atoms with E-state index < -0.39 is 0 Å². The van der Waals surface area contributed by atoms with Gasteiger partial charge in [-0.2, -0.15) is 0 Å². The Morgan fingerprint density at radius 1 is 1.47 bits per heavy atom. The van der Waals surface area contributed by atoms with Crippen LogP contribution >= 0.6 is 0 Å². The summed E-state index contributed by atoms with van der Waals surface area (Å²) in [6, 6.07) is 5.23. The lowest BCUT2D eigenvalue weighted by atomic mass is 10.1. The molecule has 0 spiro atoms. The molecule has 1 aromatic rings. The van der Waals surface area contributed by atoms with Gasteiger partial charge in [0.1, 0.15) is 0 Å². The topological polar surface area (TPSA) is 64.4 Å². The summed E-state index contributed by atoms with van der Waals surface area (Å²) in [7, 11) is 1.66. The van der Waals surface area contributed by atoms with E-state index in [9.17, 15) is 10.1 Å². The molecular formula is C12H18N2O3. The van der Waals surface area contributed by atoms with Gasteiger partial charge in [0.05, 0.1) is 4.92 Å². The van der Waals surface area contributed by atoms with E-state index in [0.29, 0.717) is 6.61 Å². The summed E-state index contributed by atoms with van der Waals surface area (Å²) in [6.07, 6.45) is 0.859. The molecule has 0 fully saturated rings. The molecule has 1 N–H and O–H groups in total. The van der Waals surface area contributed by atoms with E-state index in [1.54, 1.807) is 19.2 Å². The highest BCUT2D eigenvalue weighted by Gasteiger charge is 2.09. The molecule has 5 heteroatoms. The van der Waals surface area contributed by atoms with Crippen molar-refractivity contribution >= 4 is 11.4 Å². The monoisotopic (exact) mass is 238 g/mol. The number of hydrogen-bond donors (Lipinski definition) is 1. The van der Waals surface area contributed by atoms with Gasteiger partial charge in [0.2, 0.25) is 0 Å². The van der Waals surface area contributed by atoms with E-state index in [2.05, 4.69) is 5.32 Å². The summed E-state index contributed by atoms with van der Waals surface area (Å²) in [5.74, 6) is 0. The van der Waals surface area contributed by atoms with E-state index >= 15 is 0 Å². The molecule has 0 heterocycles. The van der Waals surface area contributed by atoms with Crippen molar-refractivity contribution in [2.75, 3.05) is 19.0 Å². The van der Waals surface area contributed by atoms with Gasteiger partial charge < -0.3 is 10.1 Å². The van der Waals surface area contributed by atoms with Crippen LogP contribution in [0.4, 0.5) is 11.4 Å². The first-order valence-electron chi connectivity index (χ1n) is 5.54. The molecular weight excluding hydrogens is 220 g/mol. The van der Waals surface area contributed by atoms with Gasteiger partial charge in [0, 0.05) is 37.6 Å². The zero-order chi connectivity index (χ0) is 12.8. The van der Waals surface area contributed by atoms with E-state index in [1.165, 1.54) is 0 Å². The summed E-state index contributed by atoms with van der Waals surface area (Å²) >= 11 is 0. The van der Waals surface area contributed by atoms with E-state index in [0.717, 1.165) is 17.7 Å². The molecule has 0 aliphatic rings. The number of rotatable bonds is 6. The van der Waals surface area contributed by atoms with Crippen molar-refractivity contribution in [3.63, 3.8) is 0 Å². The molecule has 0 radical (unpaired) electrons. The lowest BCUT2D eigenvalue weighted by Crippen LogP contribution is -2.17. The molecule has 0 saturated heterocycles. The van der Waals surface area contributed by atoms with Gasteiger partial charge in [-0.15, -0.1) is 0 Å². The Morgan fingerprint density at radius 2 is 2.18 bits per heavy atom. The van der Waals surface area contributed by atoms with Crippen LogP contribution in [0.2, 0.25) is 0 Å². The molecule has 1 atom stereocenters. The normalized spacial score (nSPS) is 12.2. The third kappa shape index (κ3) is 4.40. The Labute approximate surface area is 101 Å². The van der Waals surface area contributed by atoms with Crippen LogP contribution < -0.4 is 5.32 Å². The maximum atomic E-state index is 10.7. The molecule has 1 rings (SSSR count). The van der Waals surface area contributed by atoms with Gasteiger partial charge in [-0.1, -0.05) is 0 Å². The number of nitrogens with one attached hydrogen (secondary N) is 1. The number of aryl methyl sites for hydroxylation is 1. The molecule has 0 bridgehead atoms. The fourth-order valence-electron chi connectivity index (χ4n) is 1.60. The van der Waals surface area contributed by atoms with Crippen LogP contribution in [-0.2, 0) is 4.74 Å². The number of hydrogen-bond acceptors (Lipinski definition) is 4. The highest BCUT2D eigenvalue weighted by Crippen LogP contribution is 2.21. The van der Waals surface area contributed by atoms with Crippen LogP contribution in [0.25, 0.3) is 0 Å². The van der Waals surface area contributed by atoms with E-state index in [4.69, 9.17) is 4.74 Å². The Balaban J connectivity index is 2.73. The number of ether oxygens (including phenoxy) is 1. The fourth-order valence-corrected chi connectivity index (χ4v) is 1.60. The minimum Gasteiger partial charge on any atom is -0.385 e. The standard InChI is InChI=1S/C12H18N2O3/c1-9-6-11(8-12(7-9)14(15)16)13-10(2)4-5-17-3/h6-8,10,13H,4-5H2,1-3H3. The zero-order valence-corrected chi connectivity index (χ0v) is 10.4. The molecule has 0 aliphatic heterocycles. The van der Waals surface area contributed by atoms with Gasteiger partial charge in [-0.25, -0.2) is 0 Å². The van der Waals surface area contributed by atoms with Crippen molar-refractivity contribution in [3.8, 4) is 0 Å². The lowest BCUT2D eigenvalue weighted by Gasteiger charge is -2.15. The SMILES string of the molecule is COCCC(C)Nc1cc(C)cc([N+](=O)[O-])c1. The Kier molecular flexibility index (Phi) is 4.90. The van der Waals surface area contributed by atoms with Crippen LogP contribution in [0.15, 0.2) is 18.2 Å². The predicted octanol–water partition coefficient (Wildman–Crippen LogP) is 2.74. The number of nitrogens with zero attached hydrogens (tertiary/aromatic N) is 1. The number of nitro benzene ring substituents is 1. The molecule has 0 aromatic heterocycles. The number of benzene rings is 1. The van der Waals surface area contributed by atoms with Crippen LogP contribution in [0.3, 0.4) is 0 Å². The smallest absolute Gasteiger partial charge is 0.271 e. The Hall–Kier alpha value is -1.62. The molecule has 0 amide bonds. The first kappa shape index (κ1) is 13.4.